The van der Waals surface area contributed by atoms with Crippen molar-refractivity contribution < 1.29 is 9.47 Å². The number of hydrogen-bond donors (Lipinski definition) is 0. The maximum atomic E-state index is 7.29. The van der Waals surface area contributed by atoms with Crippen LogP contribution in [0.4, 0.5) is 0 Å². The van der Waals surface area contributed by atoms with Crippen molar-refractivity contribution in [3.05, 3.63) is 114 Å². The highest BCUT2D eigenvalue weighted by molar-refractivity contribution is 7.80. The van der Waals surface area contributed by atoms with Gasteiger partial charge in [0.2, 0.25) is 0 Å². The average Bonchev–Trinajstić information content (AvgIpc) is 2.92. The third-order valence-electron chi connectivity index (χ3n) is 8.34. The second-order valence-electron chi connectivity index (χ2n) is 10.5. The Hall–Kier alpha value is -3.09. The number of aryl methyl sites for hydroxylation is 1. The zero-order valence-corrected chi connectivity index (χ0v) is 21.6. The predicted molar refractivity (Wildman–Crippen MR) is 149 cm³/mol. The van der Waals surface area contributed by atoms with Crippen molar-refractivity contribution in [2.24, 2.45) is 11.8 Å². The lowest BCUT2D eigenvalue weighted by Crippen LogP contribution is -2.62. The Bertz CT molecular complexity index is 1360. The molecule has 7 rings (SSSR count). The summed E-state index contributed by atoms with van der Waals surface area (Å²) in [5, 5.41) is 4.00. The molecule has 0 saturated heterocycles. The zero-order chi connectivity index (χ0) is 24.1. The van der Waals surface area contributed by atoms with Gasteiger partial charge in [0, 0.05) is 17.1 Å². The first-order valence-electron chi connectivity index (χ1n) is 13.2. The van der Waals surface area contributed by atoms with Crippen LogP contribution < -0.4 is 25.4 Å². The molecular formula is C33H31O2P. The van der Waals surface area contributed by atoms with Gasteiger partial charge in [-0.3, -0.25) is 0 Å². The monoisotopic (exact) mass is 490 g/mol. The topological polar surface area (TPSA) is 18.5 Å². The van der Waals surface area contributed by atoms with E-state index in [9.17, 15) is 0 Å². The maximum absolute atomic E-state index is 7.29. The first-order valence-corrected chi connectivity index (χ1v) is 14.6. The van der Waals surface area contributed by atoms with E-state index in [2.05, 4.69) is 104 Å². The van der Waals surface area contributed by atoms with Crippen LogP contribution in [0.3, 0.4) is 0 Å². The van der Waals surface area contributed by atoms with E-state index in [4.69, 9.17) is 9.47 Å². The van der Waals surface area contributed by atoms with Crippen LogP contribution in [0.1, 0.15) is 36.0 Å². The van der Waals surface area contributed by atoms with E-state index in [0.29, 0.717) is 11.8 Å². The summed E-state index contributed by atoms with van der Waals surface area (Å²) in [5.74, 6) is 2.30. The van der Waals surface area contributed by atoms with Crippen LogP contribution in [0.25, 0.3) is 0 Å². The highest BCUT2D eigenvalue weighted by atomic mass is 31.1. The molecule has 1 aliphatic carbocycles. The quantitative estimate of drug-likeness (QED) is 0.308. The van der Waals surface area contributed by atoms with Crippen molar-refractivity contribution in [3.8, 4) is 11.5 Å². The Labute approximate surface area is 215 Å². The molecule has 1 fully saturated rings. The third kappa shape index (κ3) is 3.50. The second-order valence-corrected chi connectivity index (χ2v) is 12.7. The molecule has 180 valence electrons. The Kier molecular flexibility index (Phi) is 5.40. The van der Waals surface area contributed by atoms with Crippen molar-refractivity contribution in [1.82, 2.24) is 0 Å². The smallest absolute Gasteiger partial charge is 0.257 e. The van der Waals surface area contributed by atoms with Crippen molar-refractivity contribution in [2.45, 2.75) is 44.8 Å². The van der Waals surface area contributed by atoms with E-state index in [1.54, 1.807) is 0 Å². The second kappa shape index (κ2) is 8.79. The van der Waals surface area contributed by atoms with Crippen molar-refractivity contribution in [1.29, 1.82) is 0 Å². The minimum Gasteiger partial charge on any atom is -0.451 e. The summed E-state index contributed by atoms with van der Waals surface area (Å²) in [7, 11) is -0.752. The van der Waals surface area contributed by atoms with Gasteiger partial charge in [-0.15, -0.1) is 0 Å². The Balaban J connectivity index is 1.39. The Morgan fingerprint density at radius 2 is 1.19 bits per heavy atom. The van der Waals surface area contributed by atoms with Gasteiger partial charge >= 0.3 is 0 Å². The van der Waals surface area contributed by atoms with Gasteiger partial charge in [0.25, 0.3) is 5.79 Å². The van der Waals surface area contributed by atoms with Crippen molar-refractivity contribution >= 4 is 23.8 Å². The van der Waals surface area contributed by atoms with Gasteiger partial charge in [-0.05, 0) is 67.8 Å². The number of rotatable bonds is 3. The van der Waals surface area contributed by atoms with Crippen LogP contribution in [0, 0.1) is 18.8 Å². The minimum atomic E-state index is -0.752. The van der Waals surface area contributed by atoms with Gasteiger partial charge in [-0.2, -0.15) is 0 Å². The fraction of sp³-hybridized carbons (Fsp3) is 0.273. The molecule has 0 bridgehead atoms. The molecule has 3 heteroatoms. The molecule has 4 aromatic carbocycles. The third-order valence-corrected chi connectivity index (χ3v) is 10.8. The van der Waals surface area contributed by atoms with Crippen molar-refractivity contribution in [2.75, 3.05) is 0 Å². The fourth-order valence-electron chi connectivity index (χ4n) is 6.67. The molecule has 1 saturated carbocycles. The number of fused-ring (bicyclic) bond motifs is 2. The summed E-state index contributed by atoms with van der Waals surface area (Å²) in [5.41, 5.74) is 3.88. The van der Waals surface area contributed by atoms with Crippen LogP contribution in [0.2, 0.25) is 0 Å². The van der Waals surface area contributed by atoms with Crippen LogP contribution in [-0.4, -0.2) is 5.79 Å². The average molecular weight is 491 g/mol. The zero-order valence-electron chi connectivity index (χ0n) is 20.7. The molecule has 3 unspecified atom stereocenters. The largest absolute Gasteiger partial charge is 0.451 e. The maximum Gasteiger partial charge on any atom is 0.257 e. The van der Waals surface area contributed by atoms with Crippen LogP contribution in [0.15, 0.2) is 97.1 Å². The molecule has 36 heavy (non-hydrogen) atoms. The Morgan fingerprint density at radius 1 is 0.639 bits per heavy atom. The van der Waals surface area contributed by atoms with E-state index in [1.807, 2.05) is 0 Å². The fourth-order valence-corrected chi connectivity index (χ4v) is 9.09. The summed E-state index contributed by atoms with van der Waals surface area (Å²) in [6.07, 6.45) is 5.63. The molecule has 0 radical (unpaired) electrons. The van der Waals surface area contributed by atoms with E-state index in [1.165, 1.54) is 39.0 Å². The lowest BCUT2D eigenvalue weighted by Gasteiger charge is -2.54. The predicted octanol–water partition coefficient (Wildman–Crippen LogP) is 6.44. The van der Waals surface area contributed by atoms with Gasteiger partial charge in [0.05, 0.1) is 0 Å². The number of para-hydroxylation sites is 2. The van der Waals surface area contributed by atoms with Gasteiger partial charge in [0.1, 0.15) is 11.5 Å². The SMILES string of the molecule is Cc1cccc2c1OC13Oc4c(cccc4P(c4ccccc4)c4ccccc4)CC1CCCC3C2. The lowest BCUT2D eigenvalue weighted by molar-refractivity contribution is -0.225. The van der Waals surface area contributed by atoms with E-state index < -0.39 is 13.7 Å². The highest BCUT2D eigenvalue weighted by Crippen LogP contribution is 2.54. The molecule has 2 aliphatic heterocycles. The summed E-state index contributed by atoms with van der Waals surface area (Å²) in [6.45, 7) is 2.17. The number of ether oxygens (including phenoxy) is 2. The first kappa shape index (κ1) is 22.1. The van der Waals surface area contributed by atoms with Gasteiger partial charge in [-0.25, -0.2) is 0 Å². The van der Waals surface area contributed by atoms with Crippen LogP contribution in [-0.2, 0) is 12.8 Å². The summed E-state index contributed by atoms with van der Waals surface area (Å²) < 4.78 is 14.3. The van der Waals surface area contributed by atoms with Gasteiger partial charge < -0.3 is 9.47 Å². The molecule has 3 aliphatic rings. The molecule has 1 spiro atoms. The number of benzene rings is 4. The molecule has 2 heterocycles. The van der Waals surface area contributed by atoms with Crippen LogP contribution >= 0.6 is 7.92 Å². The highest BCUT2D eigenvalue weighted by Gasteiger charge is 2.57. The number of hydrogen-bond acceptors (Lipinski definition) is 2. The van der Waals surface area contributed by atoms with Gasteiger partial charge in [0.15, 0.2) is 0 Å². The summed E-state index contributed by atoms with van der Waals surface area (Å²) in [6, 6.07) is 35.3. The van der Waals surface area contributed by atoms with E-state index in [-0.39, 0.29) is 0 Å². The van der Waals surface area contributed by atoms with E-state index >= 15 is 0 Å². The molecule has 0 aromatic heterocycles. The first-order chi connectivity index (χ1) is 17.7. The molecule has 2 nitrogen and oxygen atoms in total. The molecule has 0 amide bonds. The molecule has 4 aromatic rings. The molecule has 3 atom stereocenters. The Morgan fingerprint density at radius 3 is 1.83 bits per heavy atom. The summed E-state index contributed by atoms with van der Waals surface area (Å²) >= 11 is 0. The summed E-state index contributed by atoms with van der Waals surface area (Å²) in [4.78, 5) is 0. The van der Waals surface area contributed by atoms with Crippen molar-refractivity contribution in [3.63, 3.8) is 0 Å². The van der Waals surface area contributed by atoms with E-state index in [0.717, 1.165) is 37.2 Å². The lowest BCUT2D eigenvalue weighted by atomic mass is 9.68. The minimum absolute atomic E-state index is 0.381. The normalized spacial score (nSPS) is 23.9. The van der Waals surface area contributed by atoms with Crippen LogP contribution in [0.5, 0.6) is 11.5 Å². The van der Waals surface area contributed by atoms with Gasteiger partial charge in [-0.1, -0.05) is 103 Å². The standard InChI is InChI=1S/C33H31O2P/c1-23-11-8-12-24-21-26-14-10-15-27-22-25-13-9-20-30(32(25)35-33(26,27)34-31(23)24)36(28-16-4-2-5-17-28)29-18-6-3-7-19-29/h2-9,11-13,16-20,26-27H,10,14-15,21-22H2,1H3. The molecular weight excluding hydrogens is 459 g/mol. The molecule has 0 N–H and O–H groups in total.